The predicted octanol–water partition coefficient (Wildman–Crippen LogP) is 0.543. The SMILES string of the molecule is CC(O)(CNC(=O)CCc1ccc(N)cc1)CC(=O)O. The Kier molecular flexibility index (Phi) is 5.52. The number of benzene rings is 1. The van der Waals surface area contributed by atoms with Gasteiger partial charge in [0.2, 0.25) is 5.91 Å². The van der Waals surface area contributed by atoms with Crippen molar-refractivity contribution in [1.82, 2.24) is 5.32 Å². The predicted molar refractivity (Wildman–Crippen MR) is 75.1 cm³/mol. The summed E-state index contributed by atoms with van der Waals surface area (Å²) in [5.41, 5.74) is 5.78. The molecule has 1 aromatic carbocycles. The van der Waals surface area contributed by atoms with Crippen molar-refractivity contribution in [3.05, 3.63) is 29.8 Å². The molecular weight excluding hydrogens is 260 g/mol. The van der Waals surface area contributed by atoms with E-state index >= 15 is 0 Å². The number of carboxylic acids is 1. The van der Waals surface area contributed by atoms with Crippen LogP contribution in [0.4, 0.5) is 5.69 Å². The molecule has 0 aliphatic heterocycles. The highest BCUT2D eigenvalue weighted by Gasteiger charge is 2.24. The van der Waals surface area contributed by atoms with Crippen LogP contribution in [-0.4, -0.2) is 34.2 Å². The number of rotatable bonds is 7. The number of aliphatic carboxylic acids is 1. The molecule has 0 heterocycles. The molecule has 1 aromatic rings. The van der Waals surface area contributed by atoms with Crippen LogP contribution in [0.3, 0.4) is 0 Å². The number of carbonyl (C=O) groups excluding carboxylic acids is 1. The average molecular weight is 280 g/mol. The number of aryl methyl sites for hydroxylation is 1. The van der Waals surface area contributed by atoms with Crippen LogP contribution in [0.25, 0.3) is 0 Å². The highest BCUT2D eigenvalue weighted by Crippen LogP contribution is 2.09. The minimum Gasteiger partial charge on any atom is -0.481 e. The lowest BCUT2D eigenvalue weighted by atomic mass is 10.0. The van der Waals surface area contributed by atoms with Crippen molar-refractivity contribution in [3.63, 3.8) is 0 Å². The fourth-order valence-electron chi connectivity index (χ4n) is 1.71. The van der Waals surface area contributed by atoms with Crippen LogP contribution in [0.15, 0.2) is 24.3 Å². The number of amides is 1. The number of nitrogens with one attached hydrogen (secondary N) is 1. The first-order valence-electron chi connectivity index (χ1n) is 6.34. The van der Waals surface area contributed by atoms with Gasteiger partial charge in [-0.3, -0.25) is 9.59 Å². The van der Waals surface area contributed by atoms with Crippen molar-refractivity contribution >= 4 is 17.6 Å². The van der Waals surface area contributed by atoms with Gasteiger partial charge >= 0.3 is 5.97 Å². The molecule has 1 rings (SSSR count). The third-order valence-electron chi connectivity index (χ3n) is 2.82. The molecule has 0 aliphatic carbocycles. The van der Waals surface area contributed by atoms with E-state index in [1.807, 2.05) is 12.1 Å². The molecule has 0 bridgehead atoms. The van der Waals surface area contributed by atoms with E-state index < -0.39 is 18.0 Å². The highest BCUT2D eigenvalue weighted by atomic mass is 16.4. The number of hydrogen-bond acceptors (Lipinski definition) is 4. The van der Waals surface area contributed by atoms with Gasteiger partial charge in [-0.15, -0.1) is 0 Å². The van der Waals surface area contributed by atoms with Crippen molar-refractivity contribution in [2.45, 2.75) is 31.8 Å². The molecule has 110 valence electrons. The smallest absolute Gasteiger partial charge is 0.306 e. The van der Waals surface area contributed by atoms with Crippen LogP contribution in [-0.2, 0) is 16.0 Å². The summed E-state index contributed by atoms with van der Waals surface area (Å²) in [5, 5.41) is 20.9. The maximum Gasteiger partial charge on any atom is 0.306 e. The van der Waals surface area contributed by atoms with Crippen LogP contribution >= 0.6 is 0 Å². The van der Waals surface area contributed by atoms with E-state index in [2.05, 4.69) is 5.32 Å². The molecule has 6 nitrogen and oxygen atoms in total. The summed E-state index contributed by atoms with van der Waals surface area (Å²) in [6, 6.07) is 7.24. The van der Waals surface area contributed by atoms with Gasteiger partial charge in [0, 0.05) is 18.7 Å². The van der Waals surface area contributed by atoms with Gasteiger partial charge in [-0.1, -0.05) is 12.1 Å². The molecule has 0 fully saturated rings. The Morgan fingerprint density at radius 3 is 2.45 bits per heavy atom. The molecule has 1 atom stereocenters. The summed E-state index contributed by atoms with van der Waals surface area (Å²) in [6.07, 6.45) is 0.422. The summed E-state index contributed by atoms with van der Waals surface area (Å²) < 4.78 is 0. The number of carboxylic acid groups (broad SMARTS) is 1. The van der Waals surface area contributed by atoms with Crippen LogP contribution in [0.1, 0.15) is 25.3 Å². The summed E-state index contributed by atoms with van der Waals surface area (Å²) in [4.78, 5) is 22.1. The van der Waals surface area contributed by atoms with Crippen molar-refractivity contribution in [3.8, 4) is 0 Å². The number of aliphatic hydroxyl groups is 1. The molecule has 6 heteroatoms. The highest BCUT2D eigenvalue weighted by molar-refractivity contribution is 5.76. The third-order valence-corrected chi connectivity index (χ3v) is 2.82. The second-order valence-electron chi connectivity index (χ2n) is 5.09. The molecule has 0 saturated heterocycles. The van der Waals surface area contributed by atoms with Gasteiger partial charge in [-0.25, -0.2) is 0 Å². The summed E-state index contributed by atoms with van der Waals surface area (Å²) in [7, 11) is 0. The van der Waals surface area contributed by atoms with Crippen LogP contribution in [0.5, 0.6) is 0 Å². The number of anilines is 1. The first-order chi connectivity index (χ1) is 9.28. The maximum atomic E-state index is 11.6. The minimum atomic E-state index is -1.44. The van der Waals surface area contributed by atoms with Gasteiger partial charge in [0.25, 0.3) is 0 Å². The Bertz CT molecular complexity index is 469. The van der Waals surface area contributed by atoms with Gasteiger partial charge in [-0.2, -0.15) is 0 Å². The van der Waals surface area contributed by atoms with E-state index in [1.54, 1.807) is 12.1 Å². The molecule has 0 aliphatic rings. The zero-order chi connectivity index (χ0) is 15.2. The summed E-state index contributed by atoms with van der Waals surface area (Å²) >= 11 is 0. The zero-order valence-corrected chi connectivity index (χ0v) is 11.4. The number of nitrogens with two attached hydrogens (primary N) is 1. The Morgan fingerprint density at radius 2 is 1.90 bits per heavy atom. The van der Waals surface area contributed by atoms with Crippen LogP contribution < -0.4 is 11.1 Å². The van der Waals surface area contributed by atoms with Crippen molar-refractivity contribution in [2.75, 3.05) is 12.3 Å². The van der Waals surface area contributed by atoms with E-state index in [0.717, 1.165) is 5.56 Å². The van der Waals surface area contributed by atoms with E-state index in [4.69, 9.17) is 10.8 Å². The molecule has 0 aromatic heterocycles. The quantitative estimate of drug-likeness (QED) is 0.545. The number of nitrogen functional groups attached to an aromatic ring is 1. The molecule has 0 saturated carbocycles. The maximum absolute atomic E-state index is 11.6. The number of hydrogen-bond donors (Lipinski definition) is 4. The lowest BCUT2D eigenvalue weighted by molar-refractivity contribution is -0.142. The van der Waals surface area contributed by atoms with Gasteiger partial charge < -0.3 is 21.3 Å². The monoisotopic (exact) mass is 280 g/mol. The second kappa shape index (κ2) is 6.91. The lowest BCUT2D eigenvalue weighted by Crippen LogP contribution is -2.42. The molecule has 0 spiro atoms. The minimum absolute atomic E-state index is 0.0835. The van der Waals surface area contributed by atoms with Gasteiger partial charge in [-0.05, 0) is 31.0 Å². The van der Waals surface area contributed by atoms with Crippen LogP contribution in [0.2, 0.25) is 0 Å². The topological polar surface area (TPSA) is 113 Å². The van der Waals surface area contributed by atoms with Gasteiger partial charge in [0.15, 0.2) is 0 Å². The standard InChI is InChI=1S/C14H20N2O4/c1-14(20,8-13(18)19)9-16-12(17)7-4-10-2-5-11(15)6-3-10/h2-3,5-6,20H,4,7-9,15H2,1H3,(H,16,17)(H,18,19). The fourth-order valence-corrected chi connectivity index (χ4v) is 1.71. The third kappa shape index (κ3) is 6.19. The van der Waals surface area contributed by atoms with Crippen molar-refractivity contribution < 1.29 is 19.8 Å². The molecule has 0 radical (unpaired) electrons. The molecule has 5 N–H and O–H groups in total. The summed E-state index contributed by atoms with van der Waals surface area (Å²) in [6.45, 7) is 1.29. The van der Waals surface area contributed by atoms with Crippen molar-refractivity contribution in [1.29, 1.82) is 0 Å². The molecule has 1 amide bonds. The van der Waals surface area contributed by atoms with Gasteiger partial charge in [0.05, 0.1) is 12.0 Å². The normalized spacial score (nSPS) is 13.5. The van der Waals surface area contributed by atoms with Gasteiger partial charge in [0.1, 0.15) is 0 Å². The molecule has 20 heavy (non-hydrogen) atoms. The van der Waals surface area contributed by atoms with E-state index in [9.17, 15) is 14.7 Å². The van der Waals surface area contributed by atoms with E-state index in [0.29, 0.717) is 12.1 Å². The zero-order valence-electron chi connectivity index (χ0n) is 11.4. The Morgan fingerprint density at radius 1 is 1.30 bits per heavy atom. The van der Waals surface area contributed by atoms with E-state index in [1.165, 1.54) is 6.92 Å². The van der Waals surface area contributed by atoms with Crippen LogP contribution in [0, 0.1) is 0 Å². The Hall–Kier alpha value is -2.08. The second-order valence-corrected chi connectivity index (χ2v) is 5.09. The first kappa shape index (κ1) is 16.0. The molecular formula is C14H20N2O4. The van der Waals surface area contributed by atoms with E-state index in [-0.39, 0.29) is 18.9 Å². The Labute approximate surface area is 117 Å². The largest absolute Gasteiger partial charge is 0.481 e. The van der Waals surface area contributed by atoms with Crippen molar-refractivity contribution in [2.24, 2.45) is 0 Å². The fraction of sp³-hybridized carbons (Fsp3) is 0.429. The summed E-state index contributed by atoms with van der Waals surface area (Å²) in [5.74, 6) is -1.33. The lowest BCUT2D eigenvalue weighted by Gasteiger charge is -2.21. The Balaban J connectivity index is 2.33. The molecule has 1 unspecified atom stereocenters. The average Bonchev–Trinajstić information content (AvgIpc) is 2.34. The number of carbonyl (C=O) groups is 2. The first-order valence-corrected chi connectivity index (χ1v) is 6.34.